The Bertz CT molecular complexity index is 1470. The SMILES string of the molecule is COc1cnc(-c2nn(Cc3ccccc3C#N)c3ccccc23)nc1Nc1ccncc1. The molecule has 0 saturated heterocycles. The Morgan fingerprint density at radius 3 is 2.64 bits per heavy atom. The fourth-order valence-corrected chi connectivity index (χ4v) is 3.64. The highest BCUT2D eigenvalue weighted by atomic mass is 16.5. The van der Waals surface area contributed by atoms with Crippen molar-refractivity contribution in [1.82, 2.24) is 24.7 Å². The summed E-state index contributed by atoms with van der Waals surface area (Å²) in [5, 5.41) is 18.5. The van der Waals surface area contributed by atoms with Gasteiger partial charge in [-0.2, -0.15) is 10.4 Å². The number of nitrogens with zero attached hydrogens (tertiary/aromatic N) is 6. The van der Waals surface area contributed by atoms with Gasteiger partial charge in [0.15, 0.2) is 17.4 Å². The molecule has 0 atom stereocenters. The molecule has 8 nitrogen and oxygen atoms in total. The van der Waals surface area contributed by atoms with E-state index in [4.69, 9.17) is 14.8 Å². The number of nitriles is 1. The molecule has 5 aromatic rings. The van der Waals surface area contributed by atoms with Crippen LogP contribution in [0.15, 0.2) is 79.3 Å². The molecule has 0 spiro atoms. The molecule has 8 heteroatoms. The number of aromatic nitrogens is 5. The first-order valence-electron chi connectivity index (χ1n) is 10.3. The molecule has 0 fully saturated rings. The van der Waals surface area contributed by atoms with Gasteiger partial charge in [-0.1, -0.05) is 36.4 Å². The molecule has 3 aromatic heterocycles. The third kappa shape index (κ3) is 3.95. The topological polar surface area (TPSA) is 102 Å². The molecular formula is C25H19N7O. The Hall–Kier alpha value is -4.77. The first kappa shape index (κ1) is 20.2. The van der Waals surface area contributed by atoms with E-state index >= 15 is 0 Å². The highest BCUT2D eigenvalue weighted by molar-refractivity contribution is 5.92. The Kier molecular flexibility index (Phi) is 5.35. The van der Waals surface area contributed by atoms with Crippen LogP contribution in [0.5, 0.6) is 5.75 Å². The molecule has 2 aromatic carbocycles. The lowest BCUT2D eigenvalue weighted by Gasteiger charge is -2.10. The molecule has 0 radical (unpaired) electrons. The number of methoxy groups -OCH3 is 1. The highest BCUT2D eigenvalue weighted by Crippen LogP contribution is 2.31. The zero-order valence-corrected chi connectivity index (χ0v) is 17.8. The molecule has 0 bridgehead atoms. The monoisotopic (exact) mass is 433 g/mol. The van der Waals surface area contributed by atoms with Crippen molar-refractivity contribution in [3.05, 3.63) is 90.4 Å². The zero-order valence-electron chi connectivity index (χ0n) is 17.8. The van der Waals surface area contributed by atoms with Crippen LogP contribution in [0, 0.1) is 11.3 Å². The van der Waals surface area contributed by atoms with Crippen molar-refractivity contribution in [3.8, 4) is 23.3 Å². The van der Waals surface area contributed by atoms with Crippen LogP contribution in [0.3, 0.4) is 0 Å². The quantitative estimate of drug-likeness (QED) is 0.419. The van der Waals surface area contributed by atoms with E-state index in [1.54, 1.807) is 25.7 Å². The van der Waals surface area contributed by atoms with Crippen molar-refractivity contribution in [3.63, 3.8) is 0 Å². The number of pyridine rings is 1. The molecule has 0 aliphatic rings. The van der Waals surface area contributed by atoms with Crippen LogP contribution in [0.4, 0.5) is 11.5 Å². The number of hydrogen-bond acceptors (Lipinski definition) is 7. The second kappa shape index (κ2) is 8.77. The Balaban J connectivity index is 1.59. The van der Waals surface area contributed by atoms with E-state index in [0.717, 1.165) is 22.2 Å². The molecular weight excluding hydrogens is 414 g/mol. The summed E-state index contributed by atoms with van der Waals surface area (Å²) in [5.74, 6) is 1.51. The van der Waals surface area contributed by atoms with Gasteiger partial charge in [-0.05, 0) is 29.8 Å². The summed E-state index contributed by atoms with van der Waals surface area (Å²) in [7, 11) is 1.58. The van der Waals surface area contributed by atoms with Gasteiger partial charge in [0.1, 0.15) is 5.69 Å². The van der Waals surface area contributed by atoms with E-state index in [1.165, 1.54) is 0 Å². The number of para-hydroxylation sites is 1. The lowest BCUT2D eigenvalue weighted by molar-refractivity contribution is 0.413. The van der Waals surface area contributed by atoms with Crippen molar-refractivity contribution in [2.24, 2.45) is 0 Å². The summed E-state index contributed by atoms with van der Waals surface area (Å²) in [4.78, 5) is 13.3. The van der Waals surface area contributed by atoms with Gasteiger partial charge in [-0.15, -0.1) is 0 Å². The van der Waals surface area contributed by atoms with E-state index in [0.29, 0.717) is 35.2 Å². The molecule has 0 unspecified atom stereocenters. The number of ether oxygens (including phenoxy) is 1. The summed E-state index contributed by atoms with van der Waals surface area (Å²) in [5.41, 5.74) is 3.94. The van der Waals surface area contributed by atoms with Gasteiger partial charge in [0, 0.05) is 23.5 Å². The standard InChI is InChI=1S/C25H19N7O/c1-33-22-15-28-25(30-24(22)29-19-10-12-27-13-11-19)23-20-8-4-5-9-21(20)32(31-23)16-18-7-3-2-6-17(18)14-26/h2-13,15H,16H2,1H3,(H,27,28,29,30). The summed E-state index contributed by atoms with van der Waals surface area (Å²) in [6, 6.07) is 21.4. The second-order valence-corrected chi connectivity index (χ2v) is 7.26. The summed E-state index contributed by atoms with van der Waals surface area (Å²) in [6.07, 6.45) is 5.03. The number of benzene rings is 2. The van der Waals surface area contributed by atoms with Crippen LogP contribution in [0.25, 0.3) is 22.4 Å². The third-order valence-electron chi connectivity index (χ3n) is 5.25. The van der Waals surface area contributed by atoms with Crippen LogP contribution in [0.2, 0.25) is 0 Å². The first-order chi connectivity index (χ1) is 16.3. The average molecular weight is 433 g/mol. The van der Waals surface area contributed by atoms with E-state index < -0.39 is 0 Å². The lowest BCUT2D eigenvalue weighted by Crippen LogP contribution is -2.04. The minimum Gasteiger partial charge on any atom is -0.491 e. The third-order valence-corrected chi connectivity index (χ3v) is 5.25. The molecule has 1 N–H and O–H groups in total. The summed E-state index contributed by atoms with van der Waals surface area (Å²) < 4.78 is 7.33. The predicted octanol–water partition coefficient (Wildman–Crippen LogP) is 4.56. The molecule has 3 heterocycles. The Labute approximate surface area is 190 Å². The maximum atomic E-state index is 9.47. The number of fused-ring (bicyclic) bond motifs is 1. The molecule has 0 amide bonds. The van der Waals surface area contributed by atoms with Crippen LogP contribution in [-0.4, -0.2) is 31.8 Å². The van der Waals surface area contributed by atoms with E-state index in [1.807, 2.05) is 65.3 Å². The van der Waals surface area contributed by atoms with Crippen molar-refractivity contribution in [2.75, 3.05) is 12.4 Å². The first-order valence-corrected chi connectivity index (χ1v) is 10.3. The number of rotatable bonds is 6. The number of hydrogen-bond donors (Lipinski definition) is 1. The van der Waals surface area contributed by atoms with E-state index in [2.05, 4.69) is 21.4 Å². The van der Waals surface area contributed by atoms with Gasteiger partial charge in [-0.25, -0.2) is 9.97 Å². The van der Waals surface area contributed by atoms with Crippen LogP contribution in [0.1, 0.15) is 11.1 Å². The normalized spacial score (nSPS) is 10.7. The minimum absolute atomic E-state index is 0.461. The summed E-state index contributed by atoms with van der Waals surface area (Å²) in [6.45, 7) is 0.461. The van der Waals surface area contributed by atoms with E-state index in [9.17, 15) is 5.26 Å². The fraction of sp³-hybridized carbons (Fsp3) is 0.0800. The van der Waals surface area contributed by atoms with Crippen LogP contribution in [-0.2, 0) is 6.54 Å². The van der Waals surface area contributed by atoms with Gasteiger partial charge < -0.3 is 10.1 Å². The molecule has 0 aliphatic heterocycles. The van der Waals surface area contributed by atoms with E-state index in [-0.39, 0.29) is 0 Å². The van der Waals surface area contributed by atoms with Crippen molar-refractivity contribution < 1.29 is 4.74 Å². The predicted molar refractivity (Wildman–Crippen MR) is 125 cm³/mol. The maximum absolute atomic E-state index is 9.47. The number of anilines is 2. The van der Waals surface area contributed by atoms with Gasteiger partial charge in [-0.3, -0.25) is 9.67 Å². The molecule has 0 saturated carbocycles. The highest BCUT2D eigenvalue weighted by Gasteiger charge is 2.17. The molecule has 0 aliphatic carbocycles. The summed E-state index contributed by atoms with van der Waals surface area (Å²) >= 11 is 0. The largest absolute Gasteiger partial charge is 0.491 e. The maximum Gasteiger partial charge on any atom is 0.183 e. The smallest absolute Gasteiger partial charge is 0.183 e. The molecule has 160 valence electrons. The van der Waals surface area contributed by atoms with Crippen molar-refractivity contribution in [1.29, 1.82) is 5.26 Å². The van der Waals surface area contributed by atoms with Gasteiger partial charge in [0.25, 0.3) is 0 Å². The molecule has 5 rings (SSSR count). The minimum atomic E-state index is 0.461. The van der Waals surface area contributed by atoms with Crippen molar-refractivity contribution in [2.45, 2.75) is 6.54 Å². The lowest BCUT2D eigenvalue weighted by atomic mass is 10.1. The Morgan fingerprint density at radius 2 is 1.82 bits per heavy atom. The van der Waals surface area contributed by atoms with Gasteiger partial charge in [0.05, 0.1) is 37.0 Å². The van der Waals surface area contributed by atoms with Gasteiger partial charge in [0.2, 0.25) is 0 Å². The van der Waals surface area contributed by atoms with Crippen LogP contribution >= 0.6 is 0 Å². The van der Waals surface area contributed by atoms with Crippen LogP contribution < -0.4 is 10.1 Å². The molecule has 33 heavy (non-hydrogen) atoms. The van der Waals surface area contributed by atoms with Crippen molar-refractivity contribution >= 4 is 22.4 Å². The fourth-order valence-electron chi connectivity index (χ4n) is 3.64. The van der Waals surface area contributed by atoms with Gasteiger partial charge >= 0.3 is 0 Å². The number of nitrogens with one attached hydrogen (secondary N) is 1. The zero-order chi connectivity index (χ0) is 22.6. The average Bonchev–Trinajstić information content (AvgIpc) is 3.23. The Morgan fingerprint density at radius 1 is 1.03 bits per heavy atom. The second-order valence-electron chi connectivity index (χ2n) is 7.26.